The lowest BCUT2D eigenvalue weighted by atomic mass is 10.2. The zero-order valence-corrected chi connectivity index (χ0v) is 13.4. The van der Waals surface area contributed by atoms with Gasteiger partial charge in [0.2, 0.25) is 5.95 Å². The minimum absolute atomic E-state index is 0.0228. The molecule has 0 radical (unpaired) electrons. The monoisotopic (exact) mass is 360 g/mol. The maximum absolute atomic E-state index is 13.6. The van der Waals surface area contributed by atoms with Crippen molar-refractivity contribution in [2.45, 2.75) is 0 Å². The van der Waals surface area contributed by atoms with Crippen molar-refractivity contribution >= 4 is 34.8 Å². The second-order valence-electron chi connectivity index (χ2n) is 4.98. The highest BCUT2D eigenvalue weighted by molar-refractivity contribution is 6.33. The van der Waals surface area contributed by atoms with Crippen LogP contribution in [0, 0.1) is 11.6 Å². The number of benzene rings is 2. The number of rotatable bonds is 4. The highest BCUT2D eigenvalue weighted by Gasteiger charge is 2.10. The number of para-hydroxylation sites is 1. The molecule has 25 heavy (non-hydrogen) atoms. The van der Waals surface area contributed by atoms with Crippen molar-refractivity contribution in [2.75, 3.05) is 10.6 Å². The Morgan fingerprint density at radius 2 is 1.72 bits per heavy atom. The highest BCUT2D eigenvalue weighted by Crippen LogP contribution is 2.21. The first kappa shape index (κ1) is 16.8. The van der Waals surface area contributed by atoms with Crippen molar-refractivity contribution in [1.82, 2.24) is 9.97 Å². The van der Waals surface area contributed by atoms with Crippen LogP contribution in [0.4, 0.5) is 26.1 Å². The van der Waals surface area contributed by atoms with E-state index in [1.807, 2.05) is 0 Å². The van der Waals surface area contributed by atoms with E-state index in [0.29, 0.717) is 10.7 Å². The molecule has 0 saturated heterocycles. The molecule has 0 saturated carbocycles. The van der Waals surface area contributed by atoms with E-state index in [9.17, 15) is 13.6 Å². The Morgan fingerprint density at radius 1 is 1.00 bits per heavy atom. The number of hydrogen-bond acceptors (Lipinski definition) is 4. The van der Waals surface area contributed by atoms with Gasteiger partial charge in [0, 0.05) is 18.5 Å². The highest BCUT2D eigenvalue weighted by atomic mass is 35.5. The van der Waals surface area contributed by atoms with Gasteiger partial charge in [0.1, 0.15) is 11.6 Å². The molecule has 0 unspecified atom stereocenters. The van der Waals surface area contributed by atoms with Gasteiger partial charge in [-0.2, -0.15) is 0 Å². The van der Waals surface area contributed by atoms with Crippen LogP contribution >= 0.6 is 11.6 Å². The zero-order valence-electron chi connectivity index (χ0n) is 12.6. The van der Waals surface area contributed by atoms with Gasteiger partial charge < -0.3 is 10.6 Å². The average molecular weight is 361 g/mol. The number of amides is 1. The van der Waals surface area contributed by atoms with Gasteiger partial charge in [-0.15, -0.1) is 0 Å². The molecule has 0 spiro atoms. The van der Waals surface area contributed by atoms with E-state index in [1.54, 1.807) is 24.3 Å². The lowest BCUT2D eigenvalue weighted by Crippen LogP contribution is -2.13. The SMILES string of the molecule is O=C(Nc1ccccc1Cl)c1cnc(Nc2ccc(F)cc2F)nc1. The predicted octanol–water partition coefficient (Wildman–Crippen LogP) is 4.40. The number of nitrogens with zero attached hydrogens (tertiary/aromatic N) is 2. The fourth-order valence-corrected chi connectivity index (χ4v) is 2.16. The van der Waals surface area contributed by atoms with Crippen LogP contribution in [0.1, 0.15) is 10.4 Å². The minimum Gasteiger partial charge on any atom is -0.322 e. The third kappa shape index (κ3) is 4.07. The first-order chi connectivity index (χ1) is 12.0. The van der Waals surface area contributed by atoms with Crippen LogP contribution in [-0.2, 0) is 0 Å². The molecule has 3 rings (SSSR count). The van der Waals surface area contributed by atoms with Gasteiger partial charge in [-0.25, -0.2) is 18.7 Å². The molecule has 0 aliphatic heterocycles. The van der Waals surface area contributed by atoms with Crippen molar-refractivity contribution in [3.63, 3.8) is 0 Å². The maximum Gasteiger partial charge on any atom is 0.258 e. The smallest absolute Gasteiger partial charge is 0.258 e. The van der Waals surface area contributed by atoms with Gasteiger partial charge in [0.25, 0.3) is 5.91 Å². The molecular formula is C17H11ClF2N4O. The Morgan fingerprint density at radius 3 is 2.40 bits per heavy atom. The van der Waals surface area contributed by atoms with Crippen molar-refractivity contribution in [1.29, 1.82) is 0 Å². The number of carbonyl (C=O) groups is 1. The molecule has 5 nitrogen and oxygen atoms in total. The van der Waals surface area contributed by atoms with Crippen molar-refractivity contribution in [2.24, 2.45) is 0 Å². The van der Waals surface area contributed by atoms with Crippen LogP contribution in [0.3, 0.4) is 0 Å². The van der Waals surface area contributed by atoms with E-state index < -0.39 is 17.5 Å². The molecule has 2 aromatic carbocycles. The summed E-state index contributed by atoms with van der Waals surface area (Å²) in [5, 5.41) is 5.65. The average Bonchev–Trinajstić information content (AvgIpc) is 2.60. The van der Waals surface area contributed by atoms with Crippen LogP contribution in [0.2, 0.25) is 5.02 Å². The summed E-state index contributed by atoms with van der Waals surface area (Å²) >= 11 is 5.98. The summed E-state index contributed by atoms with van der Waals surface area (Å²) in [5.74, 6) is -1.83. The number of carbonyl (C=O) groups excluding carboxylic acids is 1. The number of hydrogen-bond donors (Lipinski definition) is 2. The topological polar surface area (TPSA) is 66.9 Å². The van der Waals surface area contributed by atoms with Crippen molar-refractivity contribution in [3.8, 4) is 0 Å². The molecule has 0 aliphatic rings. The Balaban J connectivity index is 1.71. The number of aromatic nitrogens is 2. The summed E-state index contributed by atoms with van der Waals surface area (Å²) in [4.78, 5) is 20.0. The van der Waals surface area contributed by atoms with Crippen LogP contribution in [0.15, 0.2) is 54.9 Å². The van der Waals surface area contributed by atoms with Crippen LogP contribution in [0.5, 0.6) is 0 Å². The normalized spacial score (nSPS) is 10.4. The molecule has 8 heteroatoms. The summed E-state index contributed by atoms with van der Waals surface area (Å²) in [6, 6.07) is 9.88. The third-order valence-electron chi connectivity index (χ3n) is 3.21. The lowest BCUT2D eigenvalue weighted by Gasteiger charge is -2.08. The fraction of sp³-hybridized carbons (Fsp3) is 0. The van der Waals surface area contributed by atoms with Crippen molar-refractivity contribution < 1.29 is 13.6 Å². The van der Waals surface area contributed by atoms with E-state index in [1.165, 1.54) is 18.5 Å². The summed E-state index contributed by atoms with van der Waals surface area (Å²) in [6.07, 6.45) is 2.56. The van der Waals surface area contributed by atoms with Gasteiger partial charge in [-0.05, 0) is 24.3 Å². The molecule has 2 N–H and O–H groups in total. The van der Waals surface area contributed by atoms with E-state index in [-0.39, 0.29) is 17.2 Å². The number of nitrogens with one attached hydrogen (secondary N) is 2. The predicted molar refractivity (Wildman–Crippen MR) is 91.1 cm³/mol. The largest absolute Gasteiger partial charge is 0.322 e. The second kappa shape index (κ2) is 7.23. The molecule has 1 aromatic heterocycles. The Hall–Kier alpha value is -3.06. The molecule has 0 fully saturated rings. The van der Waals surface area contributed by atoms with Crippen LogP contribution in [0.25, 0.3) is 0 Å². The first-order valence-corrected chi connectivity index (χ1v) is 7.51. The molecule has 0 aliphatic carbocycles. The number of anilines is 3. The summed E-state index contributed by atoms with van der Waals surface area (Å²) in [7, 11) is 0. The summed E-state index contributed by atoms with van der Waals surface area (Å²) in [6.45, 7) is 0. The standard InChI is InChI=1S/C17H11ClF2N4O/c18-12-3-1-2-4-14(12)23-16(25)10-8-21-17(22-9-10)24-15-6-5-11(19)7-13(15)20/h1-9H,(H,23,25)(H,21,22,24). The van der Waals surface area contributed by atoms with E-state index in [2.05, 4.69) is 20.6 Å². The third-order valence-corrected chi connectivity index (χ3v) is 3.54. The van der Waals surface area contributed by atoms with E-state index >= 15 is 0 Å². The maximum atomic E-state index is 13.6. The van der Waals surface area contributed by atoms with E-state index in [0.717, 1.165) is 12.1 Å². The van der Waals surface area contributed by atoms with Gasteiger partial charge >= 0.3 is 0 Å². The van der Waals surface area contributed by atoms with Gasteiger partial charge in [0.05, 0.1) is 22.0 Å². The van der Waals surface area contributed by atoms with Crippen LogP contribution < -0.4 is 10.6 Å². The fourth-order valence-electron chi connectivity index (χ4n) is 1.98. The van der Waals surface area contributed by atoms with Crippen LogP contribution in [-0.4, -0.2) is 15.9 Å². The Bertz CT molecular complexity index is 919. The van der Waals surface area contributed by atoms with Gasteiger partial charge in [-0.1, -0.05) is 23.7 Å². The molecule has 1 amide bonds. The minimum atomic E-state index is -0.774. The van der Waals surface area contributed by atoms with Gasteiger partial charge in [0.15, 0.2) is 0 Å². The lowest BCUT2D eigenvalue weighted by molar-refractivity contribution is 0.102. The summed E-state index contributed by atoms with van der Waals surface area (Å²) < 4.78 is 26.5. The Labute approximate surface area is 146 Å². The quantitative estimate of drug-likeness (QED) is 0.723. The number of halogens is 3. The van der Waals surface area contributed by atoms with E-state index in [4.69, 9.17) is 11.6 Å². The van der Waals surface area contributed by atoms with Gasteiger partial charge in [-0.3, -0.25) is 4.79 Å². The molecule has 126 valence electrons. The zero-order chi connectivity index (χ0) is 17.8. The molecule has 3 aromatic rings. The second-order valence-corrected chi connectivity index (χ2v) is 5.39. The van der Waals surface area contributed by atoms with Crippen molar-refractivity contribution in [3.05, 3.63) is 77.1 Å². The summed E-state index contributed by atoms with van der Waals surface area (Å²) in [5.41, 5.74) is 0.685. The molecule has 1 heterocycles. The molecular weight excluding hydrogens is 350 g/mol. The molecule has 0 bridgehead atoms. The molecule has 0 atom stereocenters. The Kier molecular flexibility index (Phi) is 4.85. The first-order valence-electron chi connectivity index (χ1n) is 7.13.